The second-order valence-corrected chi connectivity index (χ2v) is 5.48. The van der Waals surface area contributed by atoms with E-state index < -0.39 is 11.8 Å². The van der Waals surface area contributed by atoms with Crippen LogP contribution in [0.1, 0.15) is 15.9 Å². The number of amides is 2. The zero-order chi connectivity index (χ0) is 18.2. The van der Waals surface area contributed by atoms with E-state index in [1.165, 1.54) is 18.3 Å². The number of hydrogen-bond acceptors (Lipinski definition) is 5. The maximum atomic E-state index is 11.9. The smallest absolute Gasteiger partial charge is 0.259 e. The Morgan fingerprint density at radius 3 is 2.44 bits per heavy atom. The van der Waals surface area contributed by atoms with E-state index in [1.807, 2.05) is 43.3 Å². The maximum absolute atomic E-state index is 11.9. The molecule has 2 aromatic rings. The molecule has 0 spiro atoms. The lowest BCUT2D eigenvalue weighted by Gasteiger charge is -2.11. The largest absolute Gasteiger partial charge is 0.507 e. The summed E-state index contributed by atoms with van der Waals surface area (Å²) in [4.78, 5) is 25.5. The van der Waals surface area contributed by atoms with Crippen molar-refractivity contribution >= 4 is 23.7 Å². The van der Waals surface area contributed by atoms with Gasteiger partial charge < -0.3 is 15.3 Å². The highest BCUT2D eigenvalue weighted by Crippen LogP contribution is 2.14. The molecule has 0 heterocycles. The molecule has 3 N–H and O–H groups in total. The molecule has 2 amide bonds. The number of rotatable bonds is 6. The highest BCUT2D eigenvalue weighted by atomic mass is 16.3. The summed E-state index contributed by atoms with van der Waals surface area (Å²) in [6.07, 6.45) is 1.52. The van der Waals surface area contributed by atoms with Crippen molar-refractivity contribution < 1.29 is 14.7 Å². The zero-order valence-electron chi connectivity index (χ0n) is 14.1. The number of phenolic OH excluding ortho intramolecular Hbond substituents is 1. The second-order valence-electron chi connectivity index (χ2n) is 5.48. The molecular formula is C18H20N4O3. The Morgan fingerprint density at radius 1 is 1.12 bits per heavy atom. The number of nitrogens with zero attached hydrogens (tertiary/aromatic N) is 2. The Bertz CT molecular complexity index is 770. The monoisotopic (exact) mass is 340 g/mol. The van der Waals surface area contributed by atoms with Crippen molar-refractivity contribution in [1.82, 2.24) is 10.7 Å². The summed E-state index contributed by atoms with van der Waals surface area (Å²) in [5.41, 5.74) is 4.34. The molecule has 2 aromatic carbocycles. The number of benzene rings is 2. The van der Waals surface area contributed by atoms with Gasteiger partial charge in [0.05, 0.1) is 18.3 Å². The Balaban J connectivity index is 1.80. The molecule has 0 unspecified atom stereocenters. The normalized spacial score (nSPS) is 10.5. The number of para-hydroxylation sites is 1. The first-order valence-corrected chi connectivity index (χ1v) is 7.63. The molecule has 130 valence electrons. The number of aromatic hydroxyl groups is 1. The molecule has 0 saturated carbocycles. The first kappa shape index (κ1) is 18.0. The lowest BCUT2D eigenvalue weighted by atomic mass is 10.2. The number of hydrogen-bond donors (Lipinski definition) is 3. The van der Waals surface area contributed by atoms with Crippen molar-refractivity contribution in [2.24, 2.45) is 5.10 Å². The van der Waals surface area contributed by atoms with Crippen LogP contribution in [-0.2, 0) is 4.79 Å². The molecule has 0 bridgehead atoms. The summed E-state index contributed by atoms with van der Waals surface area (Å²) in [5, 5.41) is 15.8. The topological polar surface area (TPSA) is 94.0 Å². The van der Waals surface area contributed by atoms with Gasteiger partial charge in [0.15, 0.2) is 0 Å². The van der Waals surface area contributed by atoms with Crippen LogP contribution in [0.2, 0.25) is 0 Å². The Kier molecular flexibility index (Phi) is 6.11. The van der Waals surface area contributed by atoms with Crippen molar-refractivity contribution in [3.05, 3.63) is 59.7 Å². The van der Waals surface area contributed by atoms with Crippen LogP contribution < -0.4 is 15.6 Å². The fraction of sp³-hybridized carbons (Fsp3) is 0.167. The number of hydrazone groups is 1. The molecule has 0 aliphatic rings. The lowest BCUT2D eigenvalue weighted by Crippen LogP contribution is -2.34. The van der Waals surface area contributed by atoms with Gasteiger partial charge in [-0.05, 0) is 29.8 Å². The molecule has 0 fully saturated rings. The van der Waals surface area contributed by atoms with Crippen LogP contribution >= 0.6 is 0 Å². The van der Waals surface area contributed by atoms with Crippen LogP contribution in [0.4, 0.5) is 5.69 Å². The third kappa shape index (κ3) is 5.35. The average Bonchev–Trinajstić information content (AvgIpc) is 2.60. The maximum Gasteiger partial charge on any atom is 0.259 e. The Morgan fingerprint density at radius 2 is 1.80 bits per heavy atom. The molecule has 0 atom stereocenters. The molecule has 2 rings (SSSR count). The highest BCUT2D eigenvalue weighted by molar-refractivity contribution is 5.98. The number of carbonyl (C=O) groups excluding carboxylic acids is 2. The number of anilines is 1. The van der Waals surface area contributed by atoms with Gasteiger partial charge in [-0.1, -0.05) is 24.3 Å². The summed E-state index contributed by atoms with van der Waals surface area (Å²) in [5.74, 6) is -1.14. The fourth-order valence-electron chi connectivity index (χ4n) is 2.00. The van der Waals surface area contributed by atoms with Gasteiger partial charge in [-0.2, -0.15) is 5.10 Å². The van der Waals surface area contributed by atoms with Crippen LogP contribution in [0.3, 0.4) is 0 Å². The molecule has 7 heteroatoms. The van der Waals surface area contributed by atoms with E-state index in [9.17, 15) is 14.7 Å². The van der Waals surface area contributed by atoms with Crippen LogP contribution in [0.5, 0.6) is 5.75 Å². The number of phenols is 1. The van der Waals surface area contributed by atoms with E-state index in [4.69, 9.17) is 0 Å². The zero-order valence-corrected chi connectivity index (χ0v) is 14.1. The lowest BCUT2D eigenvalue weighted by molar-refractivity contribution is -0.120. The Hall–Kier alpha value is -3.35. The predicted molar refractivity (Wildman–Crippen MR) is 96.9 cm³/mol. The van der Waals surface area contributed by atoms with Crippen LogP contribution in [0.25, 0.3) is 0 Å². The molecule has 0 radical (unpaired) electrons. The molecule has 25 heavy (non-hydrogen) atoms. The molecule has 0 saturated heterocycles. The predicted octanol–water partition coefficient (Wildman–Crippen LogP) is 1.34. The first-order chi connectivity index (χ1) is 12.0. The minimum absolute atomic E-state index is 0.111. The highest BCUT2D eigenvalue weighted by Gasteiger charge is 2.11. The quantitative estimate of drug-likeness (QED) is 0.546. The molecule has 0 aromatic heterocycles. The second kappa shape index (κ2) is 8.49. The van der Waals surface area contributed by atoms with Crippen molar-refractivity contribution in [3.63, 3.8) is 0 Å². The average molecular weight is 340 g/mol. The van der Waals surface area contributed by atoms with Crippen molar-refractivity contribution in [2.75, 3.05) is 25.5 Å². The number of carbonyl (C=O) groups is 2. The van der Waals surface area contributed by atoms with Crippen molar-refractivity contribution in [3.8, 4) is 5.75 Å². The third-order valence-corrected chi connectivity index (χ3v) is 3.37. The SMILES string of the molecule is CN(C)c1ccc(/C=N/NC(=O)CNC(=O)c2ccccc2O)cc1. The standard InChI is InChI=1S/C18H20N4O3/c1-22(2)14-9-7-13(8-10-14)11-20-21-17(24)12-19-18(25)15-5-3-4-6-16(15)23/h3-11,23H,12H2,1-2H3,(H,19,25)(H,21,24)/b20-11+. The van der Waals surface area contributed by atoms with Gasteiger partial charge in [-0.25, -0.2) is 5.43 Å². The summed E-state index contributed by atoms with van der Waals surface area (Å²) >= 11 is 0. The van der Waals surface area contributed by atoms with Crippen molar-refractivity contribution in [1.29, 1.82) is 0 Å². The van der Waals surface area contributed by atoms with Crippen molar-refractivity contribution in [2.45, 2.75) is 0 Å². The molecular weight excluding hydrogens is 320 g/mol. The molecule has 0 aliphatic heterocycles. The van der Waals surface area contributed by atoms with E-state index in [0.29, 0.717) is 0 Å². The first-order valence-electron chi connectivity index (χ1n) is 7.63. The minimum atomic E-state index is -0.531. The summed E-state index contributed by atoms with van der Waals surface area (Å²) in [7, 11) is 3.90. The van der Waals surface area contributed by atoms with Crippen LogP contribution in [0, 0.1) is 0 Å². The van der Waals surface area contributed by atoms with Gasteiger partial charge in [0.1, 0.15) is 5.75 Å². The number of nitrogens with one attached hydrogen (secondary N) is 2. The Labute approximate surface area is 146 Å². The minimum Gasteiger partial charge on any atom is -0.507 e. The van der Waals surface area contributed by atoms with Gasteiger partial charge in [-0.3, -0.25) is 9.59 Å². The van der Waals surface area contributed by atoms with E-state index in [-0.39, 0.29) is 17.9 Å². The van der Waals surface area contributed by atoms with Gasteiger partial charge in [-0.15, -0.1) is 0 Å². The van der Waals surface area contributed by atoms with Gasteiger partial charge >= 0.3 is 0 Å². The van der Waals surface area contributed by atoms with Crippen LogP contribution in [0.15, 0.2) is 53.6 Å². The fourth-order valence-corrected chi connectivity index (χ4v) is 2.00. The van der Waals surface area contributed by atoms with Gasteiger partial charge in [0.25, 0.3) is 11.8 Å². The summed E-state index contributed by atoms with van der Waals surface area (Å²) < 4.78 is 0. The third-order valence-electron chi connectivity index (χ3n) is 3.37. The molecule has 7 nitrogen and oxygen atoms in total. The van der Waals surface area contributed by atoms with Gasteiger partial charge in [0.2, 0.25) is 0 Å². The van der Waals surface area contributed by atoms with E-state index >= 15 is 0 Å². The van der Waals surface area contributed by atoms with E-state index in [0.717, 1.165) is 11.3 Å². The molecule has 0 aliphatic carbocycles. The summed E-state index contributed by atoms with van der Waals surface area (Å²) in [6, 6.07) is 13.7. The van der Waals surface area contributed by atoms with Crippen LogP contribution in [-0.4, -0.2) is 43.8 Å². The van der Waals surface area contributed by atoms with E-state index in [2.05, 4.69) is 15.8 Å². The van der Waals surface area contributed by atoms with Gasteiger partial charge in [0, 0.05) is 19.8 Å². The van der Waals surface area contributed by atoms with E-state index in [1.54, 1.807) is 12.1 Å². The summed E-state index contributed by atoms with van der Waals surface area (Å²) in [6.45, 7) is -0.246.